The van der Waals surface area contributed by atoms with Crippen molar-refractivity contribution in [2.45, 2.75) is 26.4 Å². The van der Waals surface area contributed by atoms with E-state index in [0.29, 0.717) is 6.54 Å². The van der Waals surface area contributed by atoms with Crippen molar-refractivity contribution in [1.82, 2.24) is 9.47 Å². The van der Waals surface area contributed by atoms with Crippen molar-refractivity contribution in [3.8, 4) is 0 Å². The zero-order chi connectivity index (χ0) is 19.4. The van der Waals surface area contributed by atoms with Crippen LogP contribution in [0.2, 0.25) is 0 Å². The van der Waals surface area contributed by atoms with Gasteiger partial charge in [-0.05, 0) is 43.7 Å². The fraction of sp³-hybridized carbons (Fsp3) is 0.208. The number of fused-ring (bicyclic) bond motifs is 2. The second-order valence-electron chi connectivity index (χ2n) is 7.51. The van der Waals surface area contributed by atoms with Gasteiger partial charge in [0.05, 0.1) is 12.6 Å². The molecule has 0 spiro atoms. The fourth-order valence-corrected chi connectivity index (χ4v) is 4.48. The molecule has 0 aliphatic carbocycles. The minimum Gasteiger partial charge on any atom is -0.464 e. The van der Waals surface area contributed by atoms with E-state index in [0.717, 1.165) is 22.6 Å². The van der Waals surface area contributed by atoms with Gasteiger partial charge in [0, 0.05) is 34.8 Å². The van der Waals surface area contributed by atoms with Crippen LogP contribution in [-0.2, 0) is 13.6 Å². The van der Waals surface area contributed by atoms with E-state index >= 15 is 0 Å². The van der Waals surface area contributed by atoms with E-state index in [2.05, 4.69) is 48.9 Å². The summed E-state index contributed by atoms with van der Waals surface area (Å²) in [6, 6.07) is 20.1. The maximum Gasteiger partial charge on any atom is 0.255 e. The second-order valence-corrected chi connectivity index (χ2v) is 7.51. The van der Waals surface area contributed by atoms with Crippen LogP contribution < -0.4 is 0 Å². The first-order chi connectivity index (χ1) is 13.6. The third-order valence-electron chi connectivity index (χ3n) is 5.90. The number of amides is 1. The first-order valence-electron chi connectivity index (χ1n) is 9.55. The Morgan fingerprint density at radius 3 is 2.50 bits per heavy atom. The molecule has 1 atom stereocenters. The number of benzene rings is 2. The van der Waals surface area contributed by atoms with E-state index in [1.807, 2.05) is 42.2 Å². The number of nitrogens with zero attached hydrogens (tertiary/aromatic N) is 2. The average molecular weight is 370 g/mol. The zero-order valence-corrected chi connectivity index (χ0v) is 16.3. The normalized spacial score (nSPS) is 16.2. The third kappa shape index (κ3) is 2.34. The van der Waals surface area contributed by atoms with Crippen molar-refractivity contribution in [2.75, 3.05) is 0 Å². The third-order valence-corrected chi connectivity index (χ3v) is 5.90. The van der Waals surface area contributed by atoms with Crippen molar-refractivity contribution in [2.24, 2.45) is 7.05 Å². The topological polar surface area (TPSA) is 38.4 Å². The van der Waals surface area contributed by atoms with Crippen LogP contribution in [0.15, 0.2) is 65.1 Å². The van der Waals surface area contributed by atoms with Crippen LogP contribution in [0.25, 0.3) is 10.9 Å². The molecular formula is C24H22N2O2. The number of rotatable bonds is 3. The van der Waals surface area contributed by atoms with Crippen molar-refractivity contribution in [1.29, 1.82) is 0 Å². The Kier molecular flexibility index (Phi) is 3.69. The molecule has 2 aromatic heterocycles. The van der Waals surface area contributed by atoms with Crippen molar-refractivity contribution < 1.29 is 9.21 Å². The van der Waals surface area contributed by atoms with Gasteiger partial charge in [-0.25, -0.2) is 0 Å². The summed E-state index contributed by atoms with van der Waals surface area (Å²) in [6.07, 6.45) is 0. The summed E-state index contributed by atoms with van der Waals surface area (Å²) in [7, 11) is 2.09. The number of furan rings is 1. The lowest BCUT2D eigenvalue weighted by atomic mass is 9.95. The lowest BCUT2D eigenvalue weighted by molar-refractivity contribution is 0.0722. The van der Waals surface area contributed by atoms with Gasteiger partial charge in [0.15, 0.2) is 0 Å². The van der Waals surface area contributed by atoms with Crippen molar-refractivity contribution in [3.05, 3.63) is 94.6 Å². The molecule has 5 rings (SSSR count). The molecule has 4 nitrogen and oxygen atoms in total. The van der Waals surface area contributed by atoms with Gasteiger partial charge >= 0.3 is 0 Å². The quantitative estimate of drug-likeness (QED) is 0.501. The number of carbonyl (C=O) groups excluding carboxylic acids is 1. The predicted molar refractivity (Wildman–Crippen MR) is 109 cm³/mol. The summed E-state index contributed by atoms with van der Waals surface area (Å²) in [5.41, 5.74) is 5.40. The molecule has 2 aromatic carbocycles. The second kappa shape index (κ2) is 6.13. The maximum absolute atomic E-state index is 13.3. The summed E-state index contributed by atoms with van der Waals surface area (Å²) >= 11 is 0. The summed E-state index contributed by atoms with van der Waals surface area (Å²) in [6.45, 7) is 4.51. The van der Waals surface area contributed by atoms with E-state index in [4.69, 9.17) is 4.42 Å². The Balaban J connectivity index is 1.73. The largest absolute Gasteiger partial charge is 0.464 e. The molecular weight excluding hydrogens is 348 g/mol. The Bertz CT molecular complexity index is 1210. The summed E-state index contributed by atoms with van der Waals surface area (Å²) in [5.74, 6) is 1.72. The van der Waals surface area contributed by atoms with Gasteiger partial charge in [-0.2, -0.15) is 0 Å². The molecule has 4 aromatic rings. The van der Waals surface area contributed by atoms with Gasteiger partial charge < -0.3 is 13.9 Å². The molecule has 3 heterocycles. The Morgan fingerprint density at radius 1 is 0.964 bits per heavy atom. The van der Waals surface area contributed by atoms with Crippen LogP contribution in [0, 0.1) is 13.8 Å². The Morgan fingerprint density at radius 2 is 1.71 bits per heavy atom. The predicted octanol–water partition coefficient (Wildman–Crippen LogP) is 5.13. The molecule has 0 radical (unpaired) electrons. The molecule has 1 amide bonds. The molecule has 1 aliphatic rings. The molecule has 4 heteroatoms. The molecule has 0 fully saturated rings. The molecule has 0 N–H and O–H groups in total. The van der Waals surface area contributed by atoms with E-state index in [9.17, 15) is 4.79 Å². The van der Waals surface area contributed by atoms with E-state index in [1.54, 1.807) is 0 Å². The summed E-state index contributed by atoms with van der Waals surface area (Å²) < 4.78 is 8.01. The molecule has 0 saturated carbocycles. The van der Waals surface area contributed by atoms with Gasteiger partial charge in [0.25, 0.3) is 5.91 Å². The minimum absolute atomic E-state index is 0.0574. The monoisotopic (exact) mass is 370 g/mol. The highest BCUT2D eigenvalue weighted by molar-refractivity contribution is 6.01. The molecule has 28 heavy (non-hydrogen) atoms. The van der Waals surface area contributed by atoms with E-state index < -0.39 is 0 Å². The van der Waals surface area contributed by atoms with Crippen LogP contribution in [0.4, 0.5) is 0 Å². The number of aryl methyl sites for hydroxylation is 2. The van der Waals surface area contributed by atoms with Crippen LogP contribution in [0.3, 0.4) is 0 Å². The van der Waals surface area contributed by atoms with Crippen LogP contribution in [0.5, 0.6) is 0 Å². The highest BCUT2D eigenvalue weighted by atomic mass is 16.3. The van der Waals surface area contributed by atoms with Gasteiger partial charge in [-0.1, -0.05) is 36.4 Å². The van der Waals surface area contributed by atoms with E-state index in [-0.39, 0.29) is 11.9 Å². The van der Waals surface area contributed by atoms with Gasteiger partial charge in [-0.15, -0.1) is 0 Å². The molecule has 1 aliphatic heterocycles. The first kappa shape index (κ1) is 16.9. The fourth-order valence-electron chi connectivity index (χ4n) is 4.48. The number of hydrogen-bond acceptors (Lipinski definition) is 2. The van der Waals surface area contributed by atoms with E-state index in [1.165, 1.54) is 22.2 Å². The van der Waals surface area contributed by atoms with Crippen LogP contribution >= 0.6 is 0 Å². The highest BCUT2D eigenvalue weighted by Gasteiger charge is 2.40. The first-order valence-corrected chi connectivity index (χ1v) is 9.55. The molecule has 0 bridgehead atoms. The standard InChI is InChI=1S/C24H22N2O2/c1-15-12-13-17(28-15)14-26-23(18-8-4-5-9-19(18)24(26)27)22-16(2)25(3)21-11-7-6-10-20(21)22/h4-13,23H,14H2,1-3H3/t23-/m1/s1. The Hall–Kier alpha value is -3.27. The van der Waals surface area contributed by atoms with Crippen LogP contribution in [-0.4, -0.2) is 15.4 Å². The number of aromatic nitrogens is 1. The van der Waals surface area contributed by atoms with Crippen molar-refractivity contribution >= 4 is 16.8 Å². The lowest BCUT2D eigenvalue weighted by Gasteiger charge is -2.25. The maximum atomic E-state index is 13.3. The van der Waals surface area contributed by atoms with Crippen LogP contribution in [0.1, 0.15) is 44.7 Å². The number of carbonyl (C=O) groups is 1. The lowest BCUT2D eigenvalue weighted by Crippen LogP contribution is -2.28. The molecule has 0 unspecified atom stereocenters. The SMILES string of the molecule is Cc1ccc(CN2C(=O)c3ccccc3[C@@H]2c2c(C)n(C)c3ccccc23)o1. The summed E-state index contributed by atoms with van der Waals surface area (Å²) in [5, 5.41) is 1.19. The molecule has 140 valence electrons. The average Bonchev–Trinajstić information content (AvgIpc) is 3.32. The smallest absolute Gasteiger partial charge is 0.255 e. The molecule has 0 saturated heterocycles. The number of hydrogen-bond donors (Lipinski definition) is 0. The van der Waals surface area contributed by atoms with Gasteiger partial charge in [0.2, 0.25) is 0 Å². The highest BCUT2D eigenvalue weighted by Crippen LogP contribution is 2.44. The van der Waals surface area contributed by atoms with Gasteiger partial charge in [-0.3, -0.25) is 4.79 Å². The zero-order valence-electron chi connectivity index (χ0n) is 16.3. The van der Waals surface area contributed by atoms with Gasteiger partial charge in [0.1, 0.15) is 11.5 Å². The minimum atomic E-state index is -0.125. The number of para-hydroxylation sites is 1. The Labute approximate surface area is 164 Å². The van der Waals surface area contributed by atoms with Crippen molar-refractivity contribution in [3.63, 3.8) is 0 Å². The summed E-state index contributed by atoms with van der Waals surface area (Å²) in [4.78, 5) is 15.3.